The maximum Gasteiger partial charge on any atom is 0.322 e. The highest BCUT2D eigenvalue weighted by Crippen LogP contribution is 2.29. The first-order valence-electron chi connectivity index (χ1n) is 10.1. The summed E-state index contributed by atoms with van der Waals surface area (Å²) < 4.78 is 15.9. The Hall–Kier alpha value is -2.83. The van der Waals surface area contributed by atoms with E-state index in [1.54, 1.807) is 12.1 Å². The fourth-order valence-electron chi connectivity index (χ4n) is 3.28. The van der Waals surface area contributed by atoms with Crippen LogP contribution in [-0.2, 0) is 18.4 Å². The van der Waals surface area contributed by atoms with E-state index in [2.05, 4.69) is 5.32 Å². The fourth-order valence-corrected chi connectivity index (χ4v) is 3.28. The van der Waals surface area contributed by atoms with Gasteiger partial charge in [-0.25, -0.2) is 9.18 Å². The van der Waals surface area contributed by atoms with Crippen LogP contribution in [-0.4, -0.2) is 44.9 Å². The van der Waals surface area contributed by atoms with Crippen molar-refractivity contribution in [1.29, 1.82) is 0 Å². The lowest BCUT2D eigenvalue weighted by molar-refractivity contribution is -0.133. The summed E-state index contributed by atoms with van der Waals surface area (Å²) in [6.45, 7) is 4.35. The molecule has 156 valence electrons. The molecule has 1 saturated carbocycles. The zero-order valence-corrected chi connectivity index (χ0v) is 17.3. The number of para-hydroxylation sites is 1. The number of anilines is 1. The van der Waals surface area contributed by atoms with E-state index in [9.17, 15) is 14.0 Å². The number of rotatable bonds is 8. The topological polar surface area (TPSA) is 57.6 Å². The van der Waals surface area contributed by atoms with Crippen LogP contribution in [0.3, 0.4) is 0 Å². The molecule has 29 heavy (non-hydrogen) atoms. The molecular weight excluding hydrogens is 371 g/mol. The summed E-state index contributed by atoms with van der Waals surface area (Å²) in [6, 6.07) is 9.60. The Kier molecular flexibility index (Phi) is 6.56. The van der Waals surface area contributed by atoms with Crippen molar-refractivity contribution in [3.05, 3.63) is 54.1 Å². The summed E-state index contributed by atoms with van der Waals surface area (Å²) in [5.41, 5.74) is 1.16. The van der Waals surface area contributed by atoms with E-state index in [1.807, 2.05) is 48.7 Å². The first kappa shape index (κ1) is 20.9. The Morgan fingerprint density at radius 2 is 1.97 bits per heavy atom. The molecule has 0 bridgehead atoms. The van der Waals surface area contributed by atoms with E-state index >= 15 is 0 Å². The molecule has 1 atom stereocenters. The van der Waals surface area contributed by atoms with Crippen LogP contribution in [0.15, 0.2) is 42.6 Å². The van der Waals surface area contributed by atoms with Crippen LogP contribution < -0.4 is 5.32 Å². The second-order valence-electron chi connectivity index (χ2n) is 7.66. The van der Waals surface area contributed by atoms with E-state index in [1.165, 1.54) is 17.0 Å². The maximum absolute atomic E-state index is 13.9. The number of nitrogens with zero attached hydrogens (tertiary/aromatic N) is 3. The number of urea groups is 1. The molecule has 2 aromatic rings. The maximum atomic E-state index is 13.9. The van der Waals surface area contributed by atoms with Crippen molar-refractivity contribution in [2.45, 2.75) is 51.7 Å². The number of hydrogen-bond donors (Lipinski definition) is 1. The van der Waals surface area contributed by atoms with Gasteiger partial charge in [0, 0.05) is 31.0 Å². The Balaban J connectivity index is 1.72. The normalized spacial score (nSPS) is 14.3. The molecule has 1 N–H and O–H groups in total. The minimum Gasteiger partial charge on any atom is -0.353 e. The van der Waals surface area contributed by atoms with E-state index in [0.717, 1.165) is 18.5 Å². The van der Waals surface area contributed by atoms with Crippen molar-refractivity contribution in [1.82, 2.24) is 14.4 Å². The quantitative estimate of drug-likeness (QED) is 0.728. The summed E-state index contributed by atoms with van der Waals surface area (Å²) in [5.74, 6) is -0.586. The van der Waals surface area contributed by atoms with Crippen molar-refractivity contribution in [3.8, 4) is 0 Å². The second-order valence-corrected chi connectivity index (χ2v) is 7.66. The lowest BCUT2D eigenvalue weighted by Crippen LogP contribution is -2.48. The number of carbonyl (C=O) groups excluding carboxylic acids is 2. The van der Waals surface area contributed by atoms with E-state index in [4.69, 9.17) is 0 Å². The molecule has 0 aliphatic heterocycles. The van der Waals surface area contributed by atoms with Crippen LogP contribution >= 0.6 is 0 Å². The van der Waals surface area contributed by atoms with Gasteiger partial charge in [-0.1, -0.05) is 19.1 Å². The van der Waals surface area contributed by atoms with Crippen LogP contribution in [0.1, 0.15) is 38.8 Å². The molecule has 7 heteroatoms. The number of aryl methyl sites for hydroxylation is 1. The van der Waals surface area contributed by atoms with Crippen LogP contribution in [0.25, 0.3) is 0 Å². The van der Waals surface area contributed by atoms with Crippen LogP contribution in [0.5, 0.6) is 0 Å². The molecule has 6 nitrogen and oxygen atoms in total. The highest BCUT2D eigenvalue weighted by atomic mass is 19.1. The zero-order chi connectivity index (χ0) is 21.0. The molecule has 0 spiro atoms. The molecule has 0 unspecified atom stereocenters. The monoisotopic (exact) mass is 400 g/mol. The van der Waals surface area contributed by atoms with Gasteiger partial charge in [0.05, 0.1) is 12.2 Å². The molecular formula is C22H29FN4O2. The molecule has 1 aliphatic carbocycles. The third-order valence-corrected chi connectivity index (χ3v) is 5.50. The number of amides is 3. The third-order valence-electron chi connectivity index (χ3n) is 5.50. The Morgan fingerprint density at radius 3 is 2.55 bits per heavy atom. The number of benzene rings is 1. The lowest BCUT2D eigenvalue weighted by Gasteiger charge is -2.31. The minimum absolute atomic E-state index is 0.0315. The van der Waals surface area contributed by atoms with Gasteiger partial charge in [-0.2, -0.15) is 0 Å². The van der Waals surface area contributed by atoms with Gasteiger partial charge < -0.3 is 19.7 Å². The van der Waals surface area contributed by atoms with Crippen molar-refractivity contribution < 1.29 is 14.0 Å². The summed E-state index contributed by atoms with van der Waals surface area (Å²) >= 11 is 0. The summed E-state index contributed by atoms with van der Waals surface area (Å²) in [7, 11) is 1.96. The van der Waals surface area contributed by atoms with E-state index in [-0.39, 0.29) is 30.2 Å². The lowest BCUT2D eigenvalue weighted by atomic mass is 10.2. The molecule has 1 aromatic carbocycles. The predicted octanol–water partition coefficient (Wildman–Crippen LogP) is 3.99. The molecule has 3 rings (SSSR count). The molecule has 0 radical (unpaired) electrons. The number of aromatic nitrogens is 1. The third kappa shape index (κ3) is 5.16. The number of nitrogens with one attached hydrogen (secondary N) is 1. The average Bonchev–Trinajstić information content (AvgIpc) is 3.47. The van der Waals surface area contributed by atoms with Crippen molar-refractivity contribution in [2.75, 3.05) is 11.9 Å². The minimum atomic E-state index is -0.500. The van der Waals surface area contributed by atoms with Crippen molar-refractivity contribution in [2.24, 2.45) is 7.05 Å². The number of hydrogen-bond acceptors (Lipinski definition) is 2. The highest BCUT2D eigenvalue weighted by Gasteiger charge is 2.35. The molecule has 1 fully saturated rings. The van der Waals surface area contributed by atoms with Gasteiger partial charge in [0.25, 0.3) is 0 Å². The number of halogens is 1. The van der Waals surface area contributed by atoms with E-state index < -0.39 is 11.8 Å². The SMILES string of the molecule is CC[C@@H](C)N(CC(=O)N(Cc1cccn1C)C1CC1)C(=O)Nc1ccccc1F. The Morgan fingerprint density at radius 1 is 1.24 bits per heavy atom. The Bertz CT molecular complexity index is 862. The standard InChI is InChI=1S/C22H29FN4O2/c1-4-16(2)26(22(29)24-20-10-6-5-9-19(20)23)15-21(28)27(17-11-12-17)14-18-8-7-13-25(18)3/h5-10,13,16-17H,4,11-12,14-15H2,1-3H3,(H,24,29)/t16-/m1/s1. The second kappa shape index (κ2) is 9.11. The van der Waals surface area contributed by atoms with Gasteiger partial charge >= 0.3 is 6.03 Å². The van der Waals surface area contributed by atoms with Crippen LogP contribution in [0, 0.1) is 5.82 Å². The predicted molar refractivity (Wildman–Crippen MR) is 111 cm³/mol. The van der Waals surface area contributed by atoms with Crippen molar-refractivity contribution in [3.63, 3.8) is 0 Å². The fraction of sp³-hybridized carbons (Fsp3) is 0.455. The molecule has 1 aliphatic rings. The van der Waals surface area contributed by atoms with Crippen LogP contribution in [0.2, 0.25) is 0 Å². The molecule has 1 aromatic heterocycles. The smallest absolute Gasteiger partial charge is 0.322 e. The first-order valence-corrected chi connectivity index (χ1v) is 10.1. The van der Waals surface area contributed by atoms with Gasteiger partial charge in [-0.15, -0.1) is 0 Å². The van der Waals surface area contributed by atoms with Gasteiger partial charge in [0.15, 0.2) is 0 Å². The summed E-state index contributed by atoms with van der Waals surface area (Å²) in [5, 5.41) is 2.61. The molecule has 3 amide bonds. The largest absolute Gasteiger partial charge is 0.353 e. The zero-order valence-electron chi connectivity index (χ0n) is 17.3. The van der Waals surface area contributed by atoms with Gasteiger partial charge in [-0.05, 0) is 50.5 Å². The molecule has 0 saturated heterocycles. The van der Waals surface area contributed by atoms with Crippen LogP contribution in [0.4, 0.5) is 14.9 Å². The van der Waals surface area contributed by atoms with E-state index in [0.29, 0.717) is 13.0 Å². The van der Waals surface area contributed by atoms with Gasteiger partial charge in [0.1, 0.15) is 12.4 Å². The van der Waals surface area contributed by atoms with Gasteiger partial charge in [0.2, 0.25) is 5.91 Å². The highest BCUT2D eigenvalue weighted by molar-refractivity contribution is 5.92. The average molecular weight is 400 g/mol. The first-order chi connectivity index (χ1) is 13.9. The van der Waals surface area contributed by atoms with Crippen molar-refractivity contribution >= 4 is 17.6 Å². The number of carbonyl (C=O) groups is 2. The Labute approximate surface area is 171 Å². The summed E-state index contributed by atoms with van der Waals surface area (Å²) in [6.07, 6.45) is 4.62. The summed E-state index contributed by atoms with van der Waals surface area (Å²) in [4.78, 5) is 29.3. The molecule has 1 heterocycles. The van der Waals surface area contributed by atoms with Gasteiger partial charge in [-0.3, -0.25) is 4.79 Å².